The number of pyridine rings is 1. The number of nitrogens with zero attached hydrogens (tertiary/aromatic N) is 1. The van der Waals surface area contributed by atoms with Crippen LogP contribution in [0.2, 0.25) is 0 Å². The van der Waals surface area contributed by atoms with E-state index in [0.29, 0.717) is 16.7 Å². The molecule has 0 N–H and O–H groups in total. The summed E-state index contributed by atoms with van der Waals surface area (Å²) in [5.41, 5.74) is 6.92. The van der Waals surface area contributed by atoms with E-state index in [4.69, 9.17) is 4.42 Å². The fraction of sp³-hybridized carbons (Fsp3) is 0.308. The molecule has 0 fully saturated rings. The maximum atomic E-state index is 12.8. The molecule has 1 aromatic carbocycles. The van der Waals surface area contributed by atoms with Gasteiger partial charge in [0.25, 0.3) is 0 Å². The highest BCUT2D eigenvalue weighted by molar-refractivity contribution is 5.85. The van der Waals surface area contributed by atoms with E-state index in [2.05, 4.69) is 44.8 Å². The minimum atomic E-state index is -0.00673. The molecule has 0 saturated heterocycles. The Kier molecular flexibility index (Phi) is 6.17. The largest absolute Gasteiger partial charge is 0.456 e. The molecule has 3 aromatic rings. The number of aryl methyl sites for hydroxylation is 1. The predicted molar refractivity (Wildman–Crippen MR) is 123 cm³/mol. The van der Waals surface area contributed by atoms with Crippen LogP contribution in [0.25, 0.3) is 28.7 Å². The molecule has 3 rings (SSSR count). The number of hydrogen-bond donors (Lipinski definition) is 0. The molecule has 0 radical (unpaired) electrons. The first-order valence-corrected chi connectivity index (χ1v) is 10.2. The second-order valence-corrected chi connectivity index (χ2v) is 8.01. The first-order valence-electron chi connectivity index (χ1n) is 10.2. The van der Waals surface area contributed by atoms with Gasteiger partial charge in [0.1, 0.15) is 11.3 Å². The molecular weight excluding hydrogens is 358 g/mol. The summed E-state index contributed by atoms with van der Waals surface area (Å²) in [7, 11) is 0. The molecule has 0 aliphatic heterocycles. The lowest BCUT2D eigenvalue weighted by molar-refractivity contribution is 0.578. The van der Waals surface area contributed by atoms with Crippen molar-refractivity contribution in [2.24, 2.45) is 0 Å². The highest BCUT2D eigenvalue weighted by Gasteiger charge is 2.14. The molecule has 2 aromatic heterocycles. The van der Waals surface area contributed by atoms with Gasteiger partial charge in [-0.25, -0.2) is 0 Å². The van der Waals surface area contributed by atoms with E-state index in [0.717, 1.165) is 34.4 Å². The van der Waals surface area contributed by atoms with Crippen molar-refractivity contribution >= 4 is 28.7 Å². The molecule has 150 valence electrons. The first-order chi connectivity index (χ1) is 13.8. The normalized spacial score (nSPS) is 12.8. The molecule has 0 amide bonds. The topological polar surface area (TPSA) is 43.1 Å². The molecule has 0 saturated carbocycles. The molecule has 0 unspecified atom stereocenters. The number of fused-ring (bicyclic) bond motifs is 1. The Bertz CT molecular complexity index is 1160. The molecule has 3 nitrogen and oxygen atoms in total. The van der Waals surface area contributed by atoms with Crippen LogP contribution < -0.4 is 5.43 Å². The number of hydrogen-bond acceptors (Lipinski definition) is 3. The third-order valence-corrected chi connectivity index (χ3v) is 5.20. The molecule has 0 aliphatic rings. The smallest absolute Gasteiger partial charge is 0.193 e. The Labute approximate surface area is 172 Å². The fourth-order valence-electron chi connectivity index (χ4n) is 3.37. The molecule has 3 heteroatoms. The van der Waals surface area contributed by atoms with E-state index >= 15 is 0 Å². The van der Waals surface area contributed by atoms with E-state index in [1.165, 1.54) is 5.57 Å². The summed E-state index contributed by atoms with van der Waals surface area (Å²) >= 11 is 0. The molecule has 0 spiro atoms. The summed E-state index contributed by atoms with van der Waals surface area (Å²) < 4.78 is 6.26. The van der Waals surface area contributed by atoms with Gasteiger partial charge in [-0.05, 0) is 74.1 Å². The number of allylic oxidation sites excluding steroid dienone is 2. The molecule has 0 bridgehead atoms. The van der Waals surface area contributed by atoms with Crippen LogP contribution in [-0.2, 0) is 0 Å². The van der Waals surface area contributed by atoms with Gasteiger partial charge in [-0.3, -0.25) is 9.78 Å². The van der Waals surface area contributed by atoms with Gasteiger partial charge < -0.3 is 4.42 Å². The van der Waals surface area contributed by atoms with Gasteiger partial charge in [-0.1, -0.05) is 38.5 Å². The minimum Gasteiger partial charge on any atom is -0.456 e. The summed E-state index contributed by atoms with van der Waals surface area (Å²) in [5, 5.41) is 0.647. The summed E-state index contributed by atoms with van der Waals surface area (Å²) in [6.45, 7) is 12.5. The number of aromatic nitrogens is 1. The van der Waals surface area contributed by atoms with Gasteiger partial charge >= 0.3 is 0 Å². The van der Waals surface area contributed by atoms with E-state index < -0.39 is 0 Å². The second kappa shape index (κ2) is 8.60. The van der Waals surface area contributed by atoms with Gasteiger partial charge in [0.05, 0.1) is 11.1 Å². The Hall–Kier alpha value is -2.94. The van der Waals surface area contributed by atoms with Crippen LogP contribution in [-0.4, -0.2) is 4.98 Å². The van der Waals surface area contributed by atoms with Crippen molar-refractivity contribution in [2.75, 3.05) is 0 Å². The summed E-state index contributed by atoms with van der Waals surface area (Å²) in [5.74, 6) is 0.867. The Morgan fingerprint density at radius 1 is 1.17 bits per heavy atom. The molecule has 29 heavy (non-hydrogen) atoms. The maximum absolute atomic E-state index is 12.8. The lowest BCUT2D eigenvalue weighted by Gasteiger charge is -2.12. The Balaban J connectivity index is 2.16. The zero-order valence-electron chi connectivity index (χ0n) is 18.2. The molecule has 0 aliphatic carbocycles. The van der Waals surface area contributed by atoms with Crippen LogP contribution >= 0.6 is 0 Å². The van der Waals surface area contributed by atoms with Crippen molar-refractivity contribution in [1.29, 1.82) is 0 Å². The molecule has 0 atom stereocenters. The summed E-state index contributed by atoms with van der Waals surface area (Å²) in [4.78, 5) is 17.3. The quantitative estimate of drug-likeness (QED) is 0.473. The standard InChI is InChI=1S/C26H29NO2/c1-7-17(4)13-23-20(9-8-10-27-23)14-19(6)25-15-24(28)22-12-18(5)11-21(16(2)3)26(22)29-25/h8-16H,7H2,1-6H3/b17-13-,19-14+. The van der Waals surface area contributed by atoms with Crippen LogP contribution in [0, 0.1) is 6.92 Å². The lowest BCUT2D eigenvalue weighted by atomic mass is 9.97. The highest BCUT2D eigenvalue weighted by atomic mass is 16.3. The third kappa shape index (κ3) is 4.56. The predicted octanol–water partition coefficient (Wildman–Crippen LogP) is 6.99. The minimum absolute atomic E-state index is 0.00673. The van der Waals surface area contributed by atoms with Gasteiger partial charge in [0.2, 0.25) is 0 Å². The van der Waals surface area contributed by atoms with E-state index in [1.807, 2.05) is 38.1 Å². The van der Waals surface area contributed by atoms with Gasteiger partial charge in [-0.2, -0.15) is 0 Å². The Morgan fingerprint density at radius 3 is 2.62 bits per heavy atom. The van der Waals surface area contributed by atoms with E-state index in [1.54, 1.807) is 12.3 Å². The average Bonchev–Trinajstić information content (AvgIpc) is 2.69. The van der Waals surface area contributed by atoms with E-state index in [9.17, 15) is 4.79 Å². The van der Waals surface area contributed by atoms with E-state index in [-0.39, 0.29) is 11.3 Å². The fourth-order valence-corrected chi connectivity index (χ4v) is 3.37. The zero-order chi connectivity index (χ0) is 21.1. The van der Waals surface area contributed by atoms with Crippen molar-refractivity contribution in [3.8, 4) is 0 Å². The SMILES string of the molecule is CC/C(C)=C\c1ncccc1/C=C(\C)c1cc(=O)c2cc(C)cc(C(C)C)c2o1. The van der Waals surface area contributed by atoms with Crippen molar-refractivity contribution in [2.45, 2.75) is 53.9 Å². The van der Waals surface area contributed by atoms with Crippen LogP contribution in [0.5, 0.6) is 0 Å². The van der Waals surface area contributed by atoms with Crippen molar-refractivity contribution in [1.82, 2.24) is 4.98 Å². The summed E-state index contributed by atoms with van der Waals surface area (Å²) in [6.07, 6.45) is 6.93. The Morgan fingerprint density at radius 2 is 1.93 bits per heavy atom. The number of benzene rings is 1. The zero-order valence-corrected chi connectivity index (χ0v) is 18.2. The molecular formula is C26H29NO2. The van der Waals surface area contributed by atoms with Crippen molar-refractivity contribution < 1.29 is 4.42 Å². The first kappa shape index (κ1) is 20.8. The monoisotopic (exact) mass is 387 g/mol. The summed E-state index contributed by atoms with van der Waals surface area (Å²) in [6, 6.07) is 9.58. The maximum Gasteiger partial charge on any atom is 0.193 e. The van der Waals surface area contributed by atoms with Gasteiger partial charge in [0, 0.05) is 17.8 Å². The van der Waals surface area contributed by atoms with Crippen LogP contribution in [0.3, 0.4) is 0 Å². The van der Waals surface area contributed by atoms with Crippen LogP contribution in [0.4, 0.5) is 0 Å². The number of rotatable bonds is 5. The van der Waals surface area contributed by atoms with Gasteiger partial charge in [0.15, 0.2) is 5.43 Å². The third-order valence-electron chi connectivity index (χ3n) is 5.20. The van der Waals surface area contributed by atoms with Crippen LogP contribution in [0.15, 0.2) is 51.3 Å². The molecule has 2 heterocycles. The van der Waals surface area contributed by atoms with Gasteiger partial charge in [-0.15, -0.1) is 0 Å². The average molecular weight is 388 g/mol. The van der Waals surface area contributed by atoms with Crippen LogP contribution in [0.1, 0.15) is 75.1 Å². The lowest BCUT2D eigenvalue weighted by Crippen LogP contribution is -2.04. The van der Waals surface area contributed by atoms with Crippen molar-refractivity contribution in [3.63, 3.8) is 0 Å². The highest BCUT2D eigenvalue weighted by Crippen LogP contribution is 2.29. The van der Waals surface area contributed by atoms with Crippen molar-refractivity contribution in [3.05, 3.63) is 80.5 Å². The second-order valence-electron chi connectivity index (χ2n) is 8.01.